The van der Waals surface area contributed by atoms with Crippen molar-refractivity contribution in [2.75, 3.05) is 45.7 Å². The van der Waals surface area contributed by atoms with Crippen LogP contribution in [0.4, 0.5) is 5.69 Å². The van der Waals surface area contributed by atoms with Gasteiger partial charge in [-0.2, -0.15) is 0 Å². The summed E-state index contributed by atoms with van der Waals surface area (Å²) in [7, 11) is 5.23. The first-order valence-electron chi connectivity index (χ1n) is 10.8. The third-order valence-corrected chi connectivity index (χ3v) is 6.26. The van der Waals surface area contributed by atoms with Crippen molar-refractivity contribution >= 4 is 29.0 Å². The van der Waals surface area contributed by atoms with E-state index >= 15 is 0 Å². The third kappa shape index (κ3) is 3.21. The van der Waals surface area contributed by atoms with E-state index in [0.717, 1.165) is 0 Å². The first-order chi connectivity index (χ1) is 15.8. The van der Waals surface area contributed by atoms with Gasteiger partial charge in [-0.05, 0) is 51.4 Å². The maximum Gasteiger partial charge on any atom is 0.296 e. The summed E-state index contributed by atoms with van der Waals surface area (Å²) < 4.78 is 5.18. The number of aliphatic hydroxyl groups is 1. The number of likely N-dealkylation sites (tertiary alicyclic amines) is 1. The Morgan fingerprint density at radius 3 is 2.33 bits per heavy atom. The number of ether oxygens (including phenoxy) is 1. The zero-order valence-corrected chi connectivity index (χ0v) is 19.2. The largest absolute Gasteiger partial charge is 0.507 e. The number of fused-ring (bicyclic) bond motifs is 2. The minimum Gasteiger partial charge on any atom is -0.507 e. The molecule has 1 atom stereocenters. The number of amides is 2. The standard InChI is InChI=1S/C25H27N3O5/c1-5-27-19-9-7-6-8-18(19)25(24(27)32)20(21(29)16-10-12-17(33-4)13-11-16)22(30)23(31)28(25)15-14-26(2)3/h6-13,29H,5,14-15H2,1-4H3/t25-/m1/s1. The molecule has 0 saturated carbocycles. The van der Waals surface area contributed by atoms with Crippen molar-refractivity contribution in [3.63, 3.8) is 0 Å². The molecule has 0 radical (unpaired) electrons. The third-order valence-electron chi connectivity index (χ3n) is 6.26. The average molecular weight is 450 g/mol. The molecule has 0 bridgehead atoms. The van der Waals surface area contributed by atoms with Gasteiger partial charge in [0.15, 0.2) is 5.54 Å². The summed E-state index contributed by atoms with van der Waals surface area (Å²) in [6.45, 7) is 2.79. The van der Waals surface area contributed by atoms with Crippen molar-refractivity contribution in [1.29, 1.82) is 0 Å². The van der Waals surface area contributed by atoms with Gasteiger partial charge in [0.1, 0.15) is 11.5 Å². The number of carbonyl (C=O) groups is 3. The second-order valence-corrected chi connectivity index (χ2v) is 8.32. The highest BCUT2D eigenvalue weighted by Crippen LogP contribution is 2.53. The minimum absolute atomic E-state index is 0.147. The van der Waals surface area contributed by atoms with Gasteiger partial charge < -0.3 is 24.5 Å². The van der Waals surface area contributed by atoms with Gasteiger partial charge in [0.05, 0.1) is 18.4 Å². The summed E-state index contributed by atoms with van der Waals surface area (Å²) in [6, 6.07) is 13.6. The summed E-state index contributed by atoms with van der Waals surface area (Å²) >= 11 is 0. The van der Waals surface area contributed by atoms with Crippen LogP contribution in [0.5, 0.6) is 5.75 Å². The van der Waals surface area contributed by atoms with Crippen LogP contribution in [0.1, 0.15) is 18.1 Å². The fourth-order valence-electron chi connectivity index (χ4n) is 4.67. The highest BCUT2D eigenvalue weighted by atomic mass is 16.5. The number of Topliss-reactive ketones (excluding diaryl/α,β-unsaturated/α-hetero) is 1. The number of carbonyl (C=O) groups excluding carboxylic acids is 3. The summed E-state index contributed by atoms with van der Waals surface area (Å²) in [5.41, 5.74) is -0.459. The van der Waals surface area contributed by atoms with Gasteiger partial charge >= 0.3 is 0 Å². The van der Waals surface area contributed by atoms with Crippen LogP contribution < -0.4 is 9.64 Å². The van der Waals surface area contributed by atoms with Crippen molar-refractivity contribution in [3.05, 3.63) is 65.2 Å². The Labute approximate surface area is 192 Å². The van der Waals surface area contributed by atoms with E-state index in [1.54, 1.807) is 47.4 Å². The molecule has 172 valence electrons. The molecule has 8 nitrogen and oxygen atoms in total. The number of benzene rings is 2. The monoisotopic (exact) mass is 449 g/mol. The van der Waals surface area contributed by atoms with Crippen molar-refractivity contribution in [1.82, 2.24) is 9.80 Å². The van der Waals surface area contributed by atoms with Gasteiger partial charge in [0, 0.05) is 30.8 Å². The lowest BCUT2D eigenvalue weighted by Crippen LogP contribution is -2.53. The Hall–Kier alpha value is -3.65. The molecule has 0 unspecified atom stereocenters. The molecule has 1 fully saturated rings. The SMILES string of the molecule is CCN1C(=O)[C@]2(C(=C(O)c3ccc(OC)cc3)C(=O)C(=O)N2CCN(C)C)c2ccccc21. The molecular weight excluding hydrogens is 422 g/mol. The topological polar surface area (TPSA) is 90.4 Å². The number of rotatable bonds is 6. The molecule has 2 aromatic carbocycles. The molecule has 2 aromatic rings. The zero-order chi connectivity index (χ0) is 23.9. The summed E-state index contributed by atoms with van der Waals surface area (Å²) in [5.74, 6) is -1.90. The first kappa shape index (κ1) is 22.5. The quantitative estimate of drug-likeness (QED) is 0.413. The van der Waals surface area contributed by atoms with Crippen LogP contribution in [0.3, 0.4) is 0 Å². The lowest BCUT2D eigenvalue weighted by atomic mass is 9.82. The second kappa shape index (κ2) is 8.37. The Kier molecular flexibility index (Phi) is 5.71. The molecule has 2 aliphatic heterocycles. The molecule has 1 spiro atoms. The van der Waals surface area contributed by atoms with Crippen LogP contribution in [-0.2, 0) is 19.9 Å². The fourth-order valence-corrected chi connectivity index (χ4v) is 4.67. The minimum atomic E-state index is -1.72. The van der Waals surface area contributed by atoms with Gasteiger partial charge in [0.2, 0.25) is 0 Å². The van der Waals surface area contributed by atoms with Gasteiger partial charge in [0.25, 0.3) is 17.6 Å². The zero-order valence-electron chi connectivity index (χ0n) is 19.2. The summed E-state index contributed by atoms with van der Waals surface area (Å²) in [5, 5.41) is 11.4. The van der Waals surface area contributed by atoms with E-state index in [1.807, 2.05) is 32.0 Å². The van der Waals surface area contributed by atoms with Crippen LogP contribution in [-0.4, -0.2) is 73.3 Å². The van der Waals surface area contributed by atoms with Crippen LogP contribution in [0, 0.1) is 0 Å². The number of likely N-dealkylation sites (N-methyl/N-ethyl adjacent to an activating group) is 2. The summed E-state index contributed by atoms with van der Waals surface area (Å²) in [4.78, 5) is 45.5. The number of nitrogens with zero attached hydrogens (tertiary/aromatic N) is 3. The Bertz CT molecular complexity index is 1150. The lowest BCUT2D eigenvalue weighted by Gasteiger charge is -2.35. The number of para-hydroxylation sites is 1. The average Bonchev–Trinajstić information content (AvgIpc) is 3.20. The fraction of sp³-hybridized carbons (Fsp3) is 0.320. The maximum atomic E-state index is 14.0. The normalized spacial score (nSPS) is 21.4. The van der Waals surface area contributed by atoms with Crippen LogP contribution >= 0.6 is 0 Å². The lowest BCUT2D eigenvalue weighted by molar-refractivity contribution is -0.143. The molecule has 2 aliphatic rings. The maximum absolute atomic E-state index is 14.0. The van der Waals surface area contributed by atoms with Crippen LogP contribution in [0.25, 0.3) is 5.76 Å². The molecule has 0 aliphatic carbocycles. The predicted octanol–water partition coefficient (Wildman–Crippen LogP) is 2.20. The molecular formula is C25H27N3O5. The molecule has 0 aromatic heterocycles. The highest BCUT2D eigenvalue weighted by Gasteiger charge is 2.66. The molecule has 2 amide bonds. The molecule has 1 saturated heterocycles. The van der Waals surface area contributed by atoms with Gasteiger partial charge in [-0.15, -0.1) is 0 Å². The smallest absolute Gasteiger partial charge is 0.296 e. The van der Waals surface area contributed by atoms with Crippen LogP contribution in [0.2, 0.25) is 0 Å². The molecule has 8 heteroatoms. The van der Waals surface area contributed by atoms with E-state index in [0.29, 0.717) is 35.7 Å². The van der Waals surface area contributed by atoms with Crippen molar-refractivity contribution in [2.45, 2.75) is 12.5 Å². The van der Waals surface area contributed by atoms with E-state index < -0.39 is 23.1 Å². The van der Waals surface area contributed by atoms with E-state index in [4.69, 9.17) is 4.74 Å². The number of ketones is 1. The highest BCUT2D eigenvalue weighted by molar-refractivity contribution is 6.50. The summed E-state index contributed by atoms with van der Waals surface area (Å²) in [6.07, 6.45) is 0. The van der Waals surface area contributed by atoms with Crippen LogP contribution in [0.15, 0.2) is 54.1 Å². The number of anilines is 1. The molecule has 1 N–H and O–H groups in total. The predicted molar refractivity (Wildman–Crippen MR) is 124 cm³/mol. The van der Waals surface area contributed by atoms with Gasteiger partial charge in [-0.3, -0.25) is 14.4 Å². The molecule has 4 rings (SSSR count). The van der Waals surface area contributed by atoms with Gasteiger partial charge in [-0.1, -0.05) is 18.2 Å². The van der Waals surface area contributed by atoms with Crippen molar-refractivity contribution < 1.29 is 24.2 Å². The van der Waals surface area contributed by atoms with Gasteiger partial charge in [-0.25, -0.2) is 0 Å². The molecule has 2 heterocycles. The Morgan fingerprint density at radius 1 is 1.06 bits per heavy atom. The van der Waals surface area contributed by atoms with Crippen molar-refractivity contribution in [2.24, 2.45) is 0 Å². The van der Waals surface area contributed by atoms with E-state index in [-0.39, 0.29) is 17.9 Å². The molecule has 33 heavy (non-hydrogen) atoms. The number of hydrogen-bond donors (Lipinski definition) is 1. The number of methoxy groups -OCH3 is 1. The van der Waals surface area contributed by atoms with E-state index in [2.05, 4.69) is 0 Å². The van der Waals surface area contributed by atoms with E-state index in [1.165, 1.54) is 12.0 Å². The van der Waals surface area contributed by atoms with Crippen molar-refractivity contribution in [3.8, 4) is 5.75 Å². The second-order valence-electron chi connectivity index (χ2n) is 8.32. The first-order valence-corrected chi connectivity index (χ1v) is 10.8. The number of aliphatic hydroxyl groups excluding tert-OH is 1. The Balaban J connectivity index is 2.02. The van der Waals surface area contributed by atoms with E-state index in [9.17, 15) is 19.5 Å². The Morgan fingerprint density at radius 2 is 1.73 bits per heavy atom. The number of hydrogen-bond acceptors (Lipinski definition) is 6.